The summed E-state index contributed by atoms with van der Waals surface area (Å²) in [7, 11) is 3.21. The predicted molar refractivity (Wildman–Crippen MR) is 158 cm³/mol. The predicted octanol–water partition coefficient (Wildman–Crippen LogP) is 5.78. The van der Waals surface area contributed by atoms with E-state index in [-0.39, 0.29) is 19.0 Å². The maximum absolute atomic E-state index is 13.8. The Labute approximate surface area is 248 Å². The van der Waals surface area contributed by atoms with Gasteiger partial charge < -0.3 is 19.1 Å². The fourth-order valence-corrected chi connectivity index (χ4v) is 4.53. The zero-order chi connectivity index (χ0) is 30.8. The number of hydrogen-bond acceptors (Lipinski definition) is 4. The topological polar surface area (TPSA) is 67.7 Å². The smallest absolute Gasteiger partial charge is 0.383 e. The number of carbonyl (C=O) groups is 2. The third-order valence-corrected chi connectivity index (χ3v) is 6.98. The quantitative estimate of drug-likeness (QED) is 0.196. The minimum absolute atomic E-state index is 0.128. The van der Waals surface area contributed by atoms with E-state index in [2.05, 4.69) is 4.98 Å². The number of alkyl halides is 3. The van der Waals surface area contributed by atoms with Crippen LogP contribution in [0.15, 0.2) is 104 Å². The molecule has 0 fully saturated rings. The summed E-state index contributed by atoms with van der Waals surface area (Å²) in [5.41, 5.74) is 2.43. The van der Waals surface area contributed by atoms with E-state index >= 15 is 0 Å². The fraction of sp³-hybridized carbons (Fsp3) is 0.242. The van der Waals surface area contributed by atoms with Gasteiger partial charge in [0.05, 0.1) is 18.7 Å². The molecule has 2 amide bonds. The lowest BCUT2D eigenvalue weighted by molar-refractivity contribution is -0.144. The summed E-state index contributed by atoms with van der Waals surface area (Å²) in [6, 6.07) is 18.8. The van der Waals surface area contributed by atoms with Gasteiger partial charge in [0, 0.05) is 58.1 Å². The Hall–Kier alpha value is -4.70. The van der Waals surface area contributed by atoms with Crippen molar-refractivity contribution in [3.63, 3.8) is 0 Å². The van der Waals surface area contributed by atoms with Crippen LogP contribution in [0.1, 0.15) is 16.7 Å². The van der Waals surface area contributed by atoms with E-state index in [1.165, 1.54) is 34.1 Å². The number of aromatic nitrogens is 2. The summed E-state index contributed by atoms with van der Waals surface area (Å²) in [6.45, 7) is 0.999. The molecule has 0 aliphatic heterocycles. The van der Waals surface area contributed by atoms with Crippen LogP contribution in [-0.2, 0) is 33.6 Å². The Balaban J connectivity index is 1.66. The monoisotopic (exact) mass is 590 g/mol. The Morgan fingerprint density at radius 2 is 1.58 bits per heavy atom. The number of rotatable bonds is 12. The standard InChI is InChI=1S/C33H33F3N4O3/c1-38(21-22-43-2)32(42)30(24-39-19-3-4-20-39)40(23-26-5-10-27(11-6-26)28-15-17-37-18-16-28)31(41)14-9-25-7-12-29(13-8-25)33(34,35)36/h3-20,30H,21-24H2,1-2H3. The summed E-state index contributed by atoms with van der Waals surface area (Å²) in [6.07, 6.45) is 5.35. The SMILES string of the molecule is COCCN(C)C(=O)C(Cn1cccc1)N(Cc1ccc(-c2ccncc2)cc1)C(=O)C=Cc1ccc(C(F)(F)F)cc1. The number of amides is 2. The number of pyridine rings is 1. The third kappa shape index (κ3) is 8.65. The zero-order valence-electron chi connectivity index (χ0n) is 23.9. The molecule has 1 unspecified atom stereocenters. The highest BCUT2D eigenvalue weighted by Crippen LogP contribution is 2.29. The molecular formula is C33H33F3N4O3. The number of methoxy groups -OCH3 is 1. The average Bonchev–Trinajstić information content (AvgIpc) is 3.54. The van der Waals surface area contributed by atoms with Crippen molar-refractivity contribution in [1.82, 2.24) is 19.4 Å². The van der Waals surface area contributed by atoms with Crippen LogP contribution in [0, 0.1) is 0 Å². The second kappa shape index (κ2) is 14.5. The molecule has 224 valence electrons. The maximum atomic E-state index is 13.8. The summed E-state index contributed by atoms with van der Waals surface area (Å²) < 4.78 is 46.0. The van der Waals surface area contributed by atoms with Crippen molar-refractivity contribution >= 4 is 17.9 Å². The van der Waals surface area contributed by atoms with Gasteiger partial charge in [-0.2, -0.15) is 13.2 Å². The highest BCUT2D eigenvalue weighted by molar-refractivity contribution is 5.95. The zero-order valence-corrected chi connectivity index (χ0v) is 23.9. The number of ether oxygens (including phenoxy) is 1. The van der Waals surface area contributed by atoms with Crippen LogP contribution < -0.4 is 0 Å². The second-order valence-corrected chi connectivity index (χ2v) is 10.0. The van der Waals surface area contributed by atoms with E-state index in [0.29, 0.717) is 18.7 Å². The molecule has 0 spiro atoms. The van der Waals surface area contributed by atoms with Crippen molar-refractivity contribution in [2.24, 2.45) is 0 Å². The van der Waals surface area contributed by atoms with Gasteiger partial charge in [-0.05, 0) is 64.7 Å². The molecule has 0 saturated heterocycles. The van der Waals surface area contributed by atoms with Gasteiger partial charge in [0.15, 0.2) is 0 Å². The van der Waals surface area contributed by atoms with Gasteiger partial charge in [0.1, 0.15) is 6.04 Å². The first kappa shape index (κ1) is 31.2. The average molecular weight is 591 g/mol. The molecular weight excluding hydrogens is 557 g/mol. The van der Waals surface area contributed by atoms with Gasteiger partial charge in [-0.15, -0.1) is 0 Å². The largest absolute Gasteiger partial charge is 0.416 e. The molecule has 2 aromatic carbocycles. The maximum Gasteiger partial charge on any atom is 0.416 e. The van der Waals surface area contributed by atoms with Gasteiger partial charge in [-0.3, -0.25) is 14.6 Å². The molecule has 0 saturated carbocycles. The lowest BCUT2D eigenvalue weighted by atomic mass is 10.0. The van der Waals surface area contributed by atoms with E-state index in [9.17, 15) is 22.8 Å². The van der Waals surface area contributed by atoms with Gasteiger partial charge >= 0.3 is 6.18 Å². The van der Waals surface area contributed by atoms with Crippen molar-refractivity contribution in [2.45, 2.75) is 25.3 Å². The van der Waals surface area contributed by atoms with Gasteiger partial charge in [0.2, 0.25) is 11.8 Å². The molecule has 2 aromatic heterocycles. The molecule has 10 heteroatoms. The first-order chi connectivity index (χ1) is 20.7. The second-order valence-electron chi connectivity index (χ2n) is 10.0. The van der Waals surface area contributed by atoms with E-state index < -0.39 is 23.7 Å². The van der Waals surface area contributed by atoms with Crippen LogP contribution >= 0.6 is 0 Å². The highest BCUT2D eigenvalue weighted by atomic mass is 19.4. The van der Waals surface area contributed by atoms with Crippen molar-refractivity contribution < 1.29 is 27.5 Å². The summed E-state index contributed by atoms with van der Waals surface area (Å²) in [4.78, 5) is 34.7. The van der Waals surface area contributed by atoms with E-state index in [0.717, 1.165) is 28.8 Å². The molecule has 1 atom stereocenters. The van der Waals surface area contributed by atoms with E-state index in [4.69, 9.17) is 4.74 Å². The first-order valence-electron chi connectivity index (χ1n) is 13.7. The van der Waals surface area contributed by atoms with Gasteiger partial charge in [-0.25, -0.2) is 0 Å². The number of likely N-dealkylation sites (N-methyl/N-ethyl adjacent to an activating group) is 1. The molecule has 4 aromatic rings. The number of halogens is 3. The Bertz CT molecular complexity index is 1490. The Morgan fingerprint density at radius 1 is 0.953 bits per heavy atom. The van der Waals surface area contributed by atoms with Crippen molar-refractivity contribution in [3.05, 3.63) is 120 Å². The highest BCUT2D eigenvalue weighted by Gasteiger charge is 2.32. The van der Waals surface area contributed by atoms with Gasteiger partial charge in [-0.1, -0.05) is 36.4 Å². The Kier molecular flexibility index (Phi) is 10.5. The van der Waals surface area contributed by atoms with Crippen LogP contribution in [0.2, 0.25) is 0 Å². The minimum atomic E-state index is -4.46. The van der Waals surface area contributed by atoms with Crippen LogP contribution in [0.5, 0.6) is 0 Å². The number of nitrogens with zero attached hydrogens (tertiary/aromatic N) is 4. The molecule has 7 nitrogen and oxygen atoms in total. The van der Waals surface area contributed by atoms with Crippen molar-refractivity contribution in [1.29, 1.82) is 0 Å². The fourth-order valence-electron chi connectivity index (χ4n) is 4.53. The summed E-state index contributed by atoms with van der Waals surface area (Å²) in [5, 5.41) is 0. The van der Waals surface area contributed by atoms with Crippen LogP contribution in [-0.4, -0.2) is 64.5 Å². The normalized spacial score (nSPS) is 12.3. The summed E-state index contributed by atoms with van der Waals surface area (Å²) >= 11 is 0. The number of benzene rings is 2. The molecule has 0 aliphatic rings. The molecule has 0 bridgehead atoms. The minimum Gasteiger partial charge on any atom is -0.383 e. The van der Waals surface area contributed by atoms with Crippen molar-refractivity contribution in [3.8, 4) is 11.1 Å². The third-order valence-electron chi connectivity index (χ3n) is 6.98. The van der Waals surface area contributed by atoms with Crippen LogP contribution in [0.4, 0.5) is 13.2 Å². The van der Waals surface area contributed by atoms with E-state index in [1.807, 2.05) is 65.5 Å². The van der Waals surface area contributed by atoms with E-state index in [1.54, 1.807) is 26.6 Å². The van der Waals surface area contributed by atoms with Crippen LogP contribution in [0.25, 0.3) is 17.2 Å². The molecule has 0 N–H and O–H groups in total. The molecule has 2 heterocycles. The number of hydrogen-bond donors (Lipinski definition) is 0. The number of carbonyl (C=O) groups excluding carboxylic acids is 2. The molecule has 0 radical (unpaired) electrons. The first-order valence-corrected chi connectivity index (χ1v) is 13.7. The summed E-state index contributed by atoms with van der Waals surface area (Å²) in [5.74, 6) is -0.723. The Morgan fingerprint density at radius 3 is 2.19 bits per heavy atom. The molecule has 0 aliphatic carbocycles. The van der Waals surface area contributed by atoms with Crippen molar-refractivity contribution in [2.75, 3.05) is 27.3 Å². The lowest BCUT2D eigenvalue weighted by Gasteiger charge is -2.33. The molecule has 4 rings (SSSR count). The van der Waals surface area contributed by atoms with Gasteiger partial charge in [0.25, 0.3) is 0 Å². The molecule has 43 heavy (non-hydrogen) atoms. The lowest BCUT2D eigenvalue weighted by Crippen LogP contribution is -2.51. The van der Waals surface area contributed by atoms with Crippen LogP contribution in [0.3, 0.4) is 0 Å².